The first kappa shape index (κ1) is 23.7. The Hall–Kier alpha value is -2.34. The number of hydrogen-bond donors (Lipinski definition) is 3. The monoisotopic (exact) mass is 330 g/mol. The summed E-state index contributed by atoms with van der Waals surface area (Å²) in [6, 6.07) is 0. The number of aldehydes is 1. The van der Waals surface area contributed by atoms with Crippen LogP contribution in [0.5, 0.6) is 0 Å². The van der Waals surface area contributed by atoms with Crippen molar-refractivity contribution in [2.24, 2.45) is 0 Å². The fraction of sp³-hybridized carbons (Fsp3) is 0.500. The van der Waals surface area contributed by atoms with E-state index in [9.17, 15) is 35.9 Å². The summed E-state index contributed by atoms with van der Waals surface area (Å²) >= 11 is 0. The molecular formula is C8H8F6O7. The first-order valence-corrected chi connectivity index (χ1v) is 4.41. The van der Waals surface area contributed by atoms with Gasteiger partial charge in [-0.1, -0.05) is 0 Å². The molecule has 0 aromatic heterocycles. The van der Waals surface area contributed by atoms with Gasteiger partial charge in [0.25, 0.3) is 0 Å². The fourth-order valence-electron chi connectivity index (χ4n) is 0.182. The Morgan fingerprint density at radius 1 is 0.810 bits per heavy atom. The molecule has 0 aliphatic carbocycles. The molecule has 0 fully saturated rings. The van der Waals surface area contributed by atoms with Crippen LogP contribution in [0.25, 0.3) is 0 Å². The van der Waals surface area contributed by atoms with Crippen molar-refractivity contribution >= 4 is 24.2 Å². The number of hydrogen-bond acceptors (Lipinski definition) is 4. The van der Waals surface area contributed by atoms with Crippen molar-refractivity contribution in [2.45, 2.75) is 25.2 Å². The summed E-state index contributed by atoms with van der Waals surface area (Å²) in [6.07, 6.45) is -9.51. The lowest BCUT2D eigenvalue weighted by molar-refractivity contribution is -0.193. The molecule has 0 saturated carbocycles. The lowest BCUT2D eigenvalue weighted by atomic mass is 10.3. The Balaban J connectivity index is -0.000000231. The summed E-state index contributed by atoms with van der Waals surface area (Å²) in [5.74, 6) is -6.44. The van der Waals surface area contributed by atoms with E-state index in [1.54, 1.807) is 0 Å². The molecule has 0 aliphatic heterocycles. The summed E-state index contributed by atoms with van der Waals surface area (Å²) in [4.78, 5) is 36.8. The van der Waals surface area contributed by atoms with Gasteiger partial charge in [0.2, 0.25) is 0 Å². The zero-order valence-corrected chi connectivity index (χ0v) is 9.73. The summed E-state index contributed by atoms with van der Waals surface area (Å²) in [5.41, 5.74) is 0. The zero-order valence-electron chi connectivity index (χ0n) is 9.73. The highest BCUT2D eigenvalue weighted by molar-refractivity contribution is 5.73. The lowest BCUT2D eigenvalue weighted by Gasteiger charge is -1.93. The Morgan fingerprint density at radius 3 is 1.10 bits per heavy atom. The highest BCUT2D eigenvalue weighted by Gasteiger charge is 2.38. The van der Waals surface area contributed by atoms with Gasteiger partial charge in [-0.15, -0.1) is 0 Å². The molecule has 124 valence electrons. The van der Waals surface area contributed by atoms with Crippen LogP contribution in [0.3, 0.4) is 0 Å². The molecule has 0 amide bonds. The molecule has 0 aromatic carbocycles. The van der Waals surface area contributed by atoms with Crippen molar-refractivity contribution in [3.63, 3.8) is 0 Å². The van der Waals surface area contributed by atoms with E-state index in [2.05, 4.69) is 0 Å². The average Bonchev–Trinajstić information content (AvgIpc) is 2.25. The van der Waals surface area contributed by atoms with Gasteiger partial charge in [-0.05, 0) is 0 Å². The Labute approximate surface area is 111 Å². The summed E-state index contributed by atoms with van der Waals surface area (Å²) in [7, 11) is 0. The van der Waals surface area contributed by atoms with Crippen LogP contribution in [-0.2, 0) is 19.2 Å². The van der Waals surface area contributed by atoms with Gasteiger partial charge in [0.05, 0.1) is 6.42 Å². The van der Waals surface area contributed by atoms with Gasteiger partial charge in [0.1, 0.15) is 6.29 Å². The van der Waals surface area contributed by atoms with Crippen LogP contribution >= 0.6 is 0 Å². The predicted octanol–water partition coefficient (Wildman–Crippen LogP) is 1.32. The Morgan fingerprint density at radius 2 is 1.05 bits per heavy atom. The maximum atomic E-state index is 10.6. The van der Waals surface area contributed by atoms with E-state index < -0.39 is 30.3 Å². The molecule has 0 heterocycles. The molecule has 3 N–H and O–H groups in total. The van der Waals surface area contributed by atoms with Crippen LogP contribution in [0.4, 0.5) is 26.3 Å². The SMILES string of the molecule is O=C(O)C(F)(F)F.O=C(O)C(F)(F)F.O=CCCC(=O)O. The number of carbonyl (C=O) groups is 4. The van der Waals surface area contributed by atoms with Gasteiger partial charge < -0.3 is 20.1 Å². The lowest BCUT2D eigenvalue weighted by Crippen LogP contribution is -2.21. The molecule has 0 saturated heterocycles. The van der Waals surface area contributed by atoms with E-state index in [1.807, 2.05) is 0 Å². The van der Waals surface area contributed by atoms with E-state index in [-0.39, 0.29) is 12.8 Å². The summed E-state index contributed by atoms with van der Waals surface area (Å²) < 4.78 is 63.5. The predicted molar refractivity (Wildman–Crippen MR) is 50.3 cm³/mol. The van der Waals surface area contributed by atoms with Gasteiger partial charge >= 0.3 is 30.3 Å². The van der Waals surface area contributed by atoms with Crippen LogP contribution in [0.2, 0.25) is 0 Å². The second-order valence-corrected chi connectivity index (χ2v) is 2.70. The van der Waals surface area contributed by atoms with Crippen molar-refractivity contribution in [3.8, 4) is 0 Å². The van der Waals surface area contributed by atoms with Crippen LogP contribution in [0.15, 0.2) is 0 Å². The molecule has 0 rings (SSSR count). The highest BCUT2D eigenvalue weighted by atomic mass is 19.4. The summed E-state index contributed by atoms with van der Waals surface area (Å²) in [5, 5.41) is 22.1. The van der Waals surface area contributed by atoms with Crippen LogP contribution < -0.4 is 0 Å². The van der Waals surface area contributed by atoms with E-state index in [0.717, 1.165) is 0 Å². The second kappa shape index (κ2) is 10.4. The van der Waals surface area contributed by atoms with Gasteiger partial charge in [0, 0.05) is 6.42 Å². The maximum Gasteiger partial charge on any atom is 0.490 e. The number of rotatable bonds is 3. The number of aliphatic carboxylic acids is 3. The maximum absolute atomic E-state index is 10.6. The molecule has 0 radical (unpaired) electrons. The first-order chi connectivity index (χ1) is 9.16. The van der Waals surface area contributed by atoms with Crippen molar-refractivity contribution in [1.29, 1.82) is 0 Å². The minimum absolute atomic E-state index is 0.0521. The normalized spacial score (nSPS) is 10.2. The molecule has 0 atom stereocenters. The van der Waals surface area contributed by atoms with E-state index >= 15 is 0 Å². The zero-order chi connectivity index (χ0) is 17.9. The molecular weight excluding hydrogens is 322 g/mol. The third kappa shape index (κ3) is 23.2. The Kier molecular flexibility index (Phi) is 11.8. The van der Waals surface area contributed by atoms with Crippen molar-refractivity contribution in [2.75, 3.05) is 0 Å². The topological polar surface area (TPSA) is 129 Å². The highest BCUT2D eigenvalue weighted by Crippen LogP contribution is 2.13. The molecule has 7 nitrogen and oxygen atoms in total. The fourth-order valence-corrected chi connectivity index (χ4v) is 0.182. The van der Waals surface area contributed by atoms with E-state index in [0.29, 0.717) is 6.29 Å². The number of alkyl halides is 6. The third-order valence-corrected chi connectivity index (χ3v) is 0.961. The number of carboxylic acids is 3. The van der Waals surface area contributed by atoms with Crippen molar-refractivity contribution < 1.29 is 60.8 Å². The molecule has 0 aromatic rings. The van der Waals surface area contributed by atoms with E-state index in [4.69, 9.17) is 24.9 Å². The molecule has 13 heteroatoms. The van der Waals surface area contributed by atoms with Gasteiger partial charge in [-0.3, -0.25) is 4.79 Å². The number of carbonyl (C=O) groups excluding carboxylic acids is 1. The number of halogens is 6. The smallest absolute Gasteiger partial charge is 0.481 e. The van der Waals surface area contributed by atoms with Crippen molar-refractivity contribution in [1.82, 2.24) is 0 Å². The average molecular weight is 330 g/mol. The minimum Gasteiger partial charge on any atom is -0.481 e. The van der Waals surface area contributed by atoms with Crippen LogP contribution in [0.1, 0.15) is 12.8 Å². The third-order valence-electron chi connectivity index (χ3n) is 0.961. The molecule has 0 spiro atoms. The van der Waals surface area contributed by atoms with Crippen molar-refractivity contribution in [3.05, 3.63) is 0 Å². The Bertz CT molecular complexity index is 335. The summed E-state index contributed by atoms with van der Waals surface area (Å²) in [6.45, 7) is 0. The molecule has 0 bridgehead atoms. The quantitative estimate of drug-likeness (QED) is 0.525. The number of carboxylic acid groups (broad SMARTS) is 3. The van der Waals surface area contributed by atoms with Crippen LogP contribution in [-0.4, -0.2) is 51.9 Å². The second-order valence-electron chi connectivity index (χ2n) is 2.70. The molecule has 0 aliphatic rings. The molecule has 21 heavy (non-hydrogen) atoms. The standard InChI is InChI=1S/C4H6O3.2C2HF3O2/c5-3-1-2-4(6)7;2*3-2(4,5)1(6)7/h3H,1-2H2,(H,6,7);2*(H,6,7). The largest absolute Gasteiger partial charge is 0.490 e. The van der Waals surface area contributed by atoms with Gasteiger partial charge in [-0.2, -0.15) is 26.3 Å². The van der Waals surface area contributed by atoms with Gasteiger partial charge in [-0.25, -0.2) is 9.59 Å². The minimum atomic E-state index is -5.08. The first-order valence-electron chi connectivity index (χ1n) is 4.41. The van der Waals surface area contributed by atoms with E-state index in [1.165, 1.54) is 0 Å². The van der Waals surface area contributed by atoms with Crippen LogP contribution in [0, 0.1) is 0 Å². The van der Waals surface area contributed by atoms with Gasteiger partial charge in [0.15, 0.2) is 0 Å². The molecule has 0 unspecified atom stereocenters.